The summed E-state index contributed by atoms with van der Waals surface area (Å²) in [6, 6.07) is 9.90. The van der Waals surface area contributed by atoms with Gasteiger partial charge in [-0.05, 0) is 36.6 Å². The summed E-state index contributed by atoms with van der Waals surface area (Å²) in [4.78, 5) is 6.50. The van der Waals surface area contributed by atoms with Crippen molar-refractivity contribution in [1.82, 2.24) is 14.6 Å². The molecule has 3 aromatic rings. The second kappa shape index (κ2) is 8.64. The summed E-state index contributed by atoms with van der Waals surface area (Å²) in [6.45, 7) is 1.07. The molecule has 0 atom stereocenters. The highest BCUT2D eigenvalue weighted by atomic mass is 32.2. The molecule has 2 heterocycles. The fourth-order valence-corrected chi connectivity index (χ4v) is 4.34. The van der Waals surface area contributed by atoms with Crippen LogP contribution in [0.25, 0.3) is 5.65 Å². The highest BCUT2D eigenvalue weighted by Gasteiger charge is 2.23. The van der Waals surface area contributed by atoms with E-state index in [9.17, 15) is 13.7 Å². The van der Waals surface area contributed by atoms with Crippen LogP contribution in [0.1, 0.15) is 24.0 Å². The summed E-state index contributed by atoms with van der Waals surface area (Å²) in [5.41, 5.74) is 8.69. The van der Waals surface area contributed by atoms with Gasteiger partial charge in [-0.15, -0.1) is 0 Å². The third kappa shape index (κ3) is 4.92. The molecule has 1 fully saturated rings. The van der Waals surface area contributed by atoms with E-state index in [-0.39, 0.29) is 5.75 Å². The van der Waals surface area contributed by atoms with Gasteiger partial charge in [0.25, 0.3) is 0 Å². The number of nitriles is 1. The zero-order valence-corrected chi connectivity index (χ0v) is 18.9. The second-order valence-corrected chi connectivity index (χ2v) is 10.2. The molecule has 1 aliphatic carbocycles. The van der Waals surface area contributed by atoms with Crippen LogP contribution in [-0.2, 0) is 15.6 Å². The van der Waals surface area contributed by atoms with Gasteiger partial charge in [0.15, 0.2) is 15.5 Å². The summed E-state index contributed by atoms with van der Waals surface area (Å²) < 4.78 is 25.7. The Morgan fingerprint density at radius 3 is 2.78 bits per heavy atom. The molecule has 0 bridgehead atoms. The first kappa shape index (κ1) is 21.9. The molecule has 11 heteroatoms. The fraction of sp³-hybridized carbons (Fsp3) is 0.381. The molecule has 1 aromatic carbocycles. The van der Waals surface area contributed by atoms with Gasteiger partial charge >= 0.3 is 0 Å². The van der Waals surface area contributed by atoms with Gasteiger partial charge in [0, 0.05) is 49.9 Å². The molecule has 0 radical (unpaired) electrons. The molecule has 0 unspecified atom stereocenters. The number of anilines is 4. The van der Waals surface area contributed by atoms with Crippen molar-refractivity contribution in [1.29, 1.82) is 5.26 Å². The first-order valence-electron chi connectivity index (χ1n) is 10.3. The number of rotatable bonds is 9. The molecule has 32 heavy (non-hydrogen) atoms. The van der Waals surface area contributed by atoms with Gasteiger partial charge in [0.05, 0.1) is 11.9 Å². The van der Waals surface area contributed by atoms with Crippen molar-refractivity contribution in [2.45, 2.75) is 24.6 Å². The molecule has 1 aliphatic rings. The average Bonchev–Trinajstić information content (AvgIpc) is 3.43. The third-order valence-electron chi connectivity index (χ3n) is 5.17. The van der Waals surface area contributed by atoms with E-state index < -0.39 is 9.84 Å². The van der Waals surface area contributed by atoms with Crippen LogP contribution >= 0.6 is 0 Å². The van der Waals surface area contributed by atoms with Gasteiger partial charge < -0.3 is 21.3 Å². The Labute approximate surface area is 187 Å². The summed E-state index contributed by atoms with van der Waals surface area (Å²) in [5, 5.41) is 20.4. The quantitative estimate of drug-likeness (QED) is 0.441. The number of nitrogens with two attached hydrogens (primary N) is 1. The number of aromatic nitrogens is 3. The predicted molar refractivity (Wildman–Crippen MR) is 125 cm³/mol. The molecule has 10 nitrogen and oxygen atoms in total. The zero-order chi connectivity index (χ0) is 22.9. The number of likely N-dealkylation sites (N-methyl/N-ethyl adjacent to an activating group) is 1. The molecule has 4 rings (SSSR count). The minimum Gasteiger partial charge on any atom is -0.373 e. The monoisotopic (exact) mass is 454 g/mol. The van der Waals surface area contributed by atoms with Crippen LogP contribution in [0.5, 0.6) is 0 Å². The number of benzene rings is 1. The summed E-state index contributed by atoms with van der Waals surface area (Å²) in [5.74, 6) is 1.19. The lowest BCUT2D eigenvalue weighted by Crippen LogP contribution is -2.26. The Kier molecular flexibility index (Phi) is 5.90. The van der Waals surface area contributed by atoms with Crippen molar-refractivity contribution in [2.75, 3.05) is 41.9 Å². The molecule has 2 aromatic heterocycles. The van der Waals surface area contributed by atoms with Crippen molar-refractivity contribution in [3.05, 3.63) is 41.6 Å². The minimum absolute atomic E-state index is 0.0884. The van der Waals surface area contributed by atoms with Crippen molar-refractivity contribution in [2.24, 2.45) is 5.73 Å². The maximum atomic E-state index is 12.0. The van der Waals surface area contributed by atoms with Gasteiger partial charge in [-0.3, -0.25) is 0 Å². The fourth-order valence-electron chi connectivity index (χ4n) is 3.54. The Bertz CT molecular complexity index is 1290. The van der Waals surface area contributed by atoms with E-state index in [1.807, 2.05) is 36.2 Å². The van der Waals surface area contributed by atoms with Crippen LogP contribution in [0.15, 0.2) is 30.5 Å². The number of hydrogen-bond donors (Lipinski definition) is 3. The molecule has 168 valence electrons. The third-order valence-corrected chi connectivity index (χ3v) is 6.00. The van der Waals surface area contributed by atoms with E-state index >= 15 is 0 Å². The van der Waals surface area contributed by atoms with Gasteiger partial charge in [-0.25, -0.2) is 13.4 Å². The van der Waals surface area contributed by atoms with Crippen LogP contribution in [0.3, 0.4) is 0 Å². The molecule has 4 N–H and O–H groups in total. The van der Waals surface area contributed by atoms with Crippen LogP contribution in [0.4, 0.5) is 23.0 Å². The maximum absolute atomic E-state index is 12.0. The zero-order valence-electron chi connectivity index (χ0n) is 18.0. The maximum Gasteiger partial charge on any atom is 0.177 e. The molecule has 0 spiro atoms. The molecule has 0 aliphatic heterocycles. The van der Waals surface area contributed by atoms with E-state index in [2.05, 4.69) is 26.8 Å². The number of hydrogen-bond acceptors (Lipinski definition) is 9. The molecule has 0 saturated heterocycles. The lowest BCUT2D eigenvalue weighted by atomic mass is 10.1. The smallest absolute Gasteiger partial charge is 0.177 e. The Morgan fingerprint density at radius 1 is 1.34 bits per heavy atom. The molecule has 0 amide bonds. The Hall–Kier alpha value is -3.36. The Balaban J connectivity index is 1.71. The molecular formula is C21H26N8O2S. The van der Waals surface area contributed by atoms with Crippen molar-refractivity contribution in [3.63, 3.8) is 0 Å². The van der Waals surface area contributed by atoms with Crippen LogP contribution in [-0.4, -0.2) is 55.5 Å². The van der Waals surface area contributed by atoms with E-state index in [1.54, 1.807) is 4.52 Å². The number of nitrogens with one attached hydrogen (secondary N) is 2. The van der Waals surface area contributed by atoms with E-state index in [4.69, 9.17) is 5.73 Å². The van der Waals surface area contributed by atoms with Gasteiger partial charge in [0.1, 0.15) is 23.3 Å². The van der Waals surface area contributed by atoms with E-state index in [1.165, 1.54) is 12.5 Å². The van der Waals surface area contributed by atoms with E-state index in [0.717, 1.165) is 24.3 Å². The largest absolute Gasteiger partial charge is 0.373 e. The van der Waals surface area contributed by atoms with Crippen molar-refractivity contribution >= 4 is 38.5 Å². The lowest BCUT2D eigenvalue weighted by Gasteiger charge is -2.22. The number of sulfone groups is 1. The normalized spacial score (nSPS) is 13.7. The molecular weight excluding hydrogens is 428 g/mol. The van der Waals surface area contributed by atoms with Crippen LogP contribution in [0.2, 0.25) is 0 Å². The van der Waals surface area contributed by atoms with Gasteiger partial charge in [-0.2, -0.15) is 14.9 Å². The predicted octanol–water partition coefficient (Wildman–Crippen LogP) is 1.86. The van der Waals surface area contributed by atoms with E-state index in [0.29, 0.717) is 47.4 Å². The molecule has 1 saturated carbocycles. The van der Waals surface area contributed by atoms with Crippen LogP contribution < -0.4 is 21.3 Å². The topological polar surface area (TPSA) is 141 Å². The van der Waals surface area contributed by atoms with Crippen LogP contribution in [0, 0.1) is 11.3 Å². The summed E-state index contributed by atoms with van der Waals surface area (Å²) in [7, 11) is -1.36. The van der Waals surface area contributed by atoms with Crippen molar-refractivity contribution < 1.29 is 8.42 Å². The minimum atomic E-state index is -3.24. The van der Waals surface area contributed by atoms with Gasteiger partial charge in [-0.1, -0.05) is 0 Å². The Morgan fingerprint density at radius 2 is 2.12 bits per heavy atom. The highest BCUT2D eigenvalue weighted by Crippen LogP contribution is 2.30. The second-order valence-electron chi connectivity index (χ2n) is 8.10. The van der Waals surface area contributed by atoms with Gasteiger partial charge in [0.2, 0.25) is 0 Å². The summed E-state index contributed by atoms with van der Waals surface area (Å²) >= 11 is 0. The summed E-state index contributed by atoms with van der Waals surface area (Å²) in [6.07, 6.45) is 4.89. The first-order chi connectivity index (χ1) is 15.3. The highest BCUT2D eigenvalue weighted by molar-refractivity contribution is 7.89. The number of nitrogens with zero attached hydrogens (tertiary/aromatic N) is 5. The number of fused-ring (bicyclic) bond motifs is 1. The lowest BCUT2D eigenvalue weighted by molar-refractivity contribution is 0.601. The van der Waals surface area contributed by atoms with Crippen molar-refractivity contribution in [3.8, 4) is 6.07 Å². The SMILES string of the molecule is CN(CCN)c1ccc(Nc2cc(NC3CC3)n3ncc(C#N)c3n2)cc1CS(C)(=O)=O. The average molecular weight is 455 g/mol. The standard InChI is InChI=1S/C21H26N8O2S/c1-28(8-7-22)18-6-5-17(9-14(18)13-32(2,30)31)25-19-10-20(26-16-3-4-16)29-21(27-19)15(11-23)12-24-29/h5-6,9-10,12,16,26H,3-4,7-8,13,22H2,1-2H3,(H,25,27). The first-order valence-corrected chi connectivity index (χ1v) is 12.4.